The summed E-state index contributed by atoms with van der Waals surface area (Å²) in [4.78, 5) is 3.85. The lowest BCUT2D eigenvalue weighted by Gasteiger charge is -2.17. The maximum Gasteiger partial charge on any atom is 0.141 e. The second-order valence-electron chi connectivity index (χ2n) is 3.71. The predicted octanol–water partition coefficient (Wildman–Crippen LogP) is 2.84. The van der Waals surface area contributed by atoms with Crippen molar-refractivity contribution in [2.45, 2.75) is 26.3 Å². The molecule has 1 heterocycles. The molecule has 1 atom stereocenters. The Morgan fingerprint density at radius 2 is 2.33 bits per heavy atom. The average molecular weight is 208 g/mol. The van der Waals surface area contributed by atoms with Crippen molar-refractivity contribution in [1.82, 2.24) is 10.3 Å². The summed E-state index contributed by atoms with van der Waals surface area (Å²) >= 11 is 0. The quantitative estimate of drug-likeness (QED) is 0.753. The van der Waals surface area contributed by atoms with Crippen LogP contribution >= 0.6 is 0 Å². The van der Waals surface area contributed by atoms with Crippen LogP contribution in [0.15, 0.2) is 30.6 Å². The Morgan fingerprint density at radius 1 is 1.60 bits per heavy atom. The lowest BCUT2D eigenvalue weighted by atomic mass is 10.0. The van der Waals surface area contributed by atoms with E-state index in [1.165, 1.54) is 12.3 Å². The van der Waals surface area contributed by atoms with E-state index in [-0.39, 0.29) is 11.9 Å². The first kappa shape index (κ1) is 11.9. The zero-order valence-corrected chi connectivity index (χ0v) is 9.26. The summed E-state index contributed by atoms with van der Waals surface area (Å²) in [5.41, 5.74) is 1.95. The maximum atomic E-state index is 13.0. The fourth-order valence-corrected chi connectivity index (χ4v) is 1.52. The number of aromatic nitrogens is 1. The van der Waals surface area contributed by atoms with Crippen LogP contribution in [0.5, 0.6) is 0 Å². The molecule has 0 amide bonds. The van der Waals surface area contributed by atoms with Gasteiger partial charge in [-0.1, -0.05) is 12.5 Å². The molecule has 0 aliphatic rings. The van der Waals surface area contributed by atoms with E-state index in [2.05, 4.69) is 16.9 Å². The summed E-state index contributed by atoms with van der Waals surface area (Å²) in [6.07, 6.45) is 3.71. The van der Waals surface area contributed by atoms with Gasteiger partial charge in [0.05, 0.1) is 6.20 Å². The van der Waals surface area contributed by atoms with Crippen molar-refractivity contribution >= 4 is 0 Å². The van der Waals surface area contributed by atoms with Gasteiger partial charge >= 0.3 is 0 Å². The standard InChI is InChI=1S/C12H17FN2/c1-4-15-12(5-9(2)3)10-6-11(13)8-14-7-10/h6-8,12,15H,2,4-5H2,1,3H3. The molecule has 0 fully saturated rings. The second kappa shape index (κ2) is 5.61. The van der Waals surface area contributed by atoms with Crippen molar-refractivity contribution in [2.24, 2.45) is 0 Å². The van der Waals surface area contributed by atoms with Crippen molar-refractivity contribution in [3.05, 3.63) is 42.0 Å². The molecule has 0 radical (unpaired) electrons. The minimum absolute atomic E-state index is 0.107. The number of nitrogens with zero attached hydrogens (tertiary/aromatic N) is 1. The van der Waals surface area contributed by atoms with Gasteiger partial charge in [-0.3, -0.25) is 4.98 Å². The Bertz CT molecular complexity index is 336. The highest BCUT2D eigenvalue weighted by Gasteiger charge is 2.11. The molecule has 0 saturated carbocycles. The highest BCUT2D eigenvalue weighted by atomic mass is 19.1. The Balaban J connectivity index is 2.83. The van der Waals surface area contributed by atoms with Crippen LogP contribution < -0.4 is 5.32 Å². The van der Waals surface area contributed by atoms with Gasteiger partial charge in [0.15, 0.2) is 0 Å². The minimum Gasteiger partial charge on any atom is -0.310 e. The van der Waals surface area contributed by atoms with Gasteiger partial charge in [0.1, 0.15) is 5.82 Å². The number of hydrogen-bond acceptors (Lipinski definition) is 2. The third-order valence-electron chi connectivity index (χ3n) is 2.13. The number of rotatable bonds is 5. The minimum atomic E-state index is -0.294. The molecule has 15 heavy (non-hydrogen) atoms. The van der Waals surface area contributed by atoms with Crippen LogP contribution in [0, 0.1) is 5.82 Å². The largest absolute Gasteiger partial charge is 0.310 e. The molecular formula is C12H17FN2. The van der Waals surface area contributed by atoms with Crippen molar-refractivity contribution in [1.29, 1.82) is 0 Å². The molecule has 3 heteroatoms. The van der Waals surface area contributed by atoms with Crippen molar-refractivity contribution < 1.29 is 4.39 Å². The van der Waals surface area contributed by atoms with Crippen LogP contribution in [0.3, 0.4) is 0 Å². The zero-order valence-electron chi connectivity index (χ0n) is 9.26. The third kappa shape index (κ3) is 3.80. The van der Waals surface area contributed by atoms with E-state index in [1.54, 1.807) is 6.20 Å². The van der Waals surface area contributed by atoms with Gasteiger partial charge in [-0.15, -0.1) is 6.58 Å². The molecule has 0 saturated heterocycles. The van der Waals surface area contributed by atoms with E-state index in [0.717, 1.165) is 24.1 Å². The molecule has 1 rings (SSSR count). The van der Waals surface area contributed by atoms with Gasteiger partial charge in [-0.2, -0.15) is 0 Å². The fourth-order valence-electron chi connectivity index (χ4n) is 1.52. The molecule has 0 aliphatic heterocycles. The predicted molar refractivity (Wildman–Crippen MR) is 60.0 cm³/mol. The number of hydrogen-bond donors (Lipinski definition) is 1. The molecule has 82 valence electrons. The second-order valence-corrected chi connectivity index (χ2v) is 3.71. The molecule has 1 N–H and O–H groups in total. The maximum absolute atomic E-state index is 13.0. The summed E-state index contributed by atoms with van der Waals surface area (Å²) in [5.74, 6) is -0.294. The van der Waals surface area contributed by atoms with Crippen molar-refractivity contribution in [2.75, 3.05) is 6.54 Å². The summed E-state index contributed by atoms with van der Waals surface area (Å²) in [5, 5.41) is 3.29. The molecule has 2 nitrogen and oxygen atoms in total. The van der Waals surface area contributed by atoms with Crippen LogP contribution in [-0.2, 0) is 0 Å². The molecule has 0 bridgehead atoms. The van der Waals surface area contributed by atoms with Crippen LogP contribution in [0.1, 0.15) is 31.9 Å². The van der Waals surface area contributed by atoms with Gasteiger partial charge in [-0.05, 0) is 31.5 Å². The first-order valence-electron chi connectivity index (χ1n) is 5.11. The normalized spacial score (nSPS) is 12.5. The zero-order chi connectivity index (χ0) is 11.3. The summed E-state index contributed by atoms with van der Waals surface area (Å²) < 4.78 is 13.0. The van der Waals surface area contributed by atoms with Gasteiger partial charge in [-0.25, -0.2) is 4.39 Å². The lowest BCUT2D eigenvalue weighted by Crippen LogP contribution is -2.21. The van der Waals surface area contributed by atoms with Crippen LogP contribution in [0.4, 0.5) is 4.39 Å². The number of nitrogens with one attached hydrogen (secondary N) is 1. The van der Waals surface area contributed by atoms with Gasteiger partial charge < -0.3 is 5.32 Å². The van der Waals surface area contributed by atoms with E-state index >= 15 is 0 Å². The van der Waals surface area contributed by atoms with Crippen LogP contribution in [0.25, 0.3) is 0 Å². The summed E-state index contributed by atoms with van der Waals surface area (Å²) in [6, 6.07) is 1.62. The highest BCUT2D eigenvalue weighted by molar-refractivity contribution is 5.17. The first-order chi connectivity index (χ1) is 7.13. The van der Waals surface area contributed by atoms with Crippen LogP contribution in [0.2, 0.25) is 0 Å². The summed E-state index contributed by atoms with van der Waals surface area (Å²) in [6.45, 7) is 8.71. The Hall–Kier alpha value is -1.22. The SMILES string of the molecule is C=C(C)CC(NCC)c1cncc(F)c1. The number of halogens is 1. The van der Waals surface area contributed by atoms with Gasteiger partial charge in [0.2, 0.25) is 0 Å². The van der Waals surface area contributed by atoms with Crippen LogP contribution in [-0.4, -0.2) is 11.5 Å². The van der Waals surface area contributed by atoms with E-state index in [9.17, 15) is 4.39 Å². The van der Waals surface area contributed by atoms with Gasteiger partial charge in [0, 0.05) is 12.2 Å². The smallest absolute Gasteiger partial charge is 0.141 e. The van der Waals surface area contributed by atoms with E-state index in [4.69, 9.17) is 0 Å². The molecule has 1 aromatic heterocycles. The highest BCUT2D eigenvalue weighted by Crippen LogP contribution is 2.19. The monoisotopic (exact) mass is 208 g/mol. The Labute approximate surface area is 90.2 Å². The molecule has 1 aromatic rings. The molecule has 0 aromatic carbocycles. The average Bonchev–Trinajstić information content (AvgIpc) is 2.16. The Kier molecular flexibility index (Phi) is 4.43. The van der Waals surface area contributed by atoms with Gasteiger partial charge in [0.25, 0.3) is 0 Å². The van der Waals surface area contributed by atoms with E-state index in [0.29, 0.717) is 0 Å². The fraction of sp³-hybridized carbons (Fsp3) is 0.417. The third-order valence-corrected chi connectivity index (χ3v) is 2.13. The molecule has 1 unspecified atom stereocenters. The first-order valence-corrected chi connectivity index (χ1v) is 5.11. The van der Waals surface area contributed by atoms with Crippen molar-refractivity contribution in [3.8, 4) is 0 Å². The number of pyridine rings is 1. The molecular weight excluding hydrogens is 191 g/mol. The topological polar surface area (TPSA) is 24.9 Å². The van der Waals surface area contributed by atoms with E-state index in [1.807, 2.05) is 13.8 Å². The summed E-state index contributed by atoms with van der Waals surface area (Å²) in [7, 11) is 0. The van der Waals surface area contributed by atoms with Crippen molar-refractivity contribution in [3.63, 3.8) is 0 Å². The lowest BCUT2D eigenvalue weighted by molar-refractivity contribution is 0.538. The molecule has 0 spiro atoms. The Morgan fingerprint density at radius 3 is 2.87 bits per heavy atom. The van der Waals surface area contributed by atoms with E-state index < -0.39 is 0 Å². The molecule has 0 aliphatic carbocycles.